The van der Waals surface area contributed by atoms with Crippen LogP contribution in [-0.2, 0) is 4.79 Å². The van der Waals surface area contributed by atoms with E-state index in [1.807, 2.05) is 0 Å². The van der Waals surface area contributed by atoms with Gasteiger partial charge in [0.25, 0.3) is 0 Å². The zero-order chi connectivity index (χ0) is 13.2. The molecule has 2 fully saturated rings. The van der Waals surface area contributed by atoms with E-state index < -0.39 is 0 Å². The van der Waals surface area contributed by atoms with E-state index in [-0.39, 0.29) is 4.83 Å². The van der Waals surface area contributed by atoms with Crippen LogP contribution in [0.25, 0.3) is 0 Å². The molecule has 3 heteroatoms. The number of amides is 1. The molecule has 1 aromatic carbocycles. The second kappa shape index (κ2) is 5.66. The normalized spacial score (nSPS) is 28.3. The van der Waals surface area contributed by atoms with E-state index in [0.717, 1.165) is 31.8 Å². The molecule has 1 heterocycles. The van der Waals surface area contributed by atoms with Gasteiger partial charge in [-0.15, -0.1) is 0 Å². The molecular formula is C16H20BrNO. The van der Waals surface area contributed by atoms with Crippen LogP contribution in [-0.4, -0.2) is 28.7 Å². The average molecular weight is 322 g/mol. The molecule has 1 amide bonds. The molecule has 0 radical (unpaired) electrons. The number of hydrogen-bond acceptors (Lipinski definition) is 1. The molecule has 2 unspecified atom stereocenters. The fourth-order valence-electron chi connectivity index (χ4n) is 2.91. The summed E-state index contributed by atoms with van der Waals surface area (Å²) >= 11 is 3.60. The first-order valence-corrected chi connectivity index (χ1v) is 8.13. The highest BCUT2D eigenvalue weighted by atomic mass is 79.9. The first kappa shape index (κ1) is 13.2. The highest BCUT2D eigenvalue weighted by Crippen LogP contribution is 2.34. The summed E-state index contributed by atoms with van der Waals surface area (Å²) in [7, 11) is 0. The highest BCUT2D eigenvalue weighted by molar-refractivity contribution is 9.10. The Hall–Kier alpha value is -0.830. The zero-order valence-corrected chi connectivity index (χ0v) is 12.7. The van der Waals surface area contributed by atoms with Gasteiger partial charge in [0, 0.05) is 13.1 Å². The molecule has 1 aromatic rings. The Labute approximate surface area is 123 Å². The molecule has 1 saturated heterocycles. The quantitative estimate of drug-likeness (QED) is 0.779. The highest BCUT2D eigenvalue weighted by Gasteiger charge is 2.33. The van der Waals surface area contributed by atoms with Crippen LogP contribution in [0.3, 0.4) is 0 Å². The summed E-state index contributed by atoms with van der Waals surface area (Å²) in [6.07, 6.45) is 4.62. The predicted octanol–water partition coefficient (Wildman–Crippen LogP) is 3.57. The first-order valence-electron chi connectivity index (χ1n) is 7.22. The molecule has 19 heavy (non-hydrogen) atoms. The van der Waals surface area contributed by atoms with Crippen molar-refractivity contribution in [3.8, 4) is 0 Å². The summed E-state index contributed by atoms with van der Waals surface area (Å²) in [5.74, 6) is 1.57. The van der Waals surface area contributed by atoms with Crippen molar-refractivity contribution in [2.45, 2.75) is 36.4 Å². The Balaban J connectivity index is 1.71. The van der Waals surface area contributed by atoms with Gasteiger partial charge in [-0.2, -0.15) is 0 Å². The molecule has 2 atom stereocenters. The van der Waals surface area contributed by atoms with Crippen LogP contribution < -0.4 is 0 Å². The first-order chi connectivity index (χ1) is 9.24. The minimum absolute atomic E-state index is 0.0149. The lowest BCUT2D eigenvalue weighted by molar-refractivity contribution is -0.130. The number of rotatable bonds is 3. The summed E-state index contributed by atoms with van der Waals surface area (Å²) < 4.78 is 0. The van der Waals surface area contributed by atoms with Crippen molar-refractivity contribution in [1.29, 1.82) is 0 Å². The Morgan fingerprint density at radius 3 is 2.58 bits per heavy atom. The van der Waals surface area contributed by atoms with Crippen molar-refractivity contribution in [2.75, 3.05) is 13.1 Å². The van der Waals surface area contributed by atoms with Crippen LogP contribution in [0.2, 0.25) is 0 Å². The molecule has 0 N–H and O–H groups in total. The Bertz CT molecular complexity index is 443. The molecule has 3 rings (SSSR count). The molecule has 0 aromatic heterocycles. The lowest BCUT2D eigenvalue weighted by Gasteiger charge is -2.21. The maximum atomic E-state index is 12.4. The number of carbonyl (C=O) groups is 1. The number of likely N-dealkylation sites (tertiary alicyclic amines) is 1. The minimum Gasteiger partial charge on any atom is -0.341 e. The van der Waals surface area contributed by atoms with Gasteiger partial charge in [0.1, 0.15) is 0 Å². The second-order valence-corrected chi connectivity index (χ2v) is 6.93. The number of hydrogen-bond donors (Lipinski definition) is 0. The maximum Gasteiger partial charge on any atom is 0.236 e. The molecular weight excluding hydrogens is 302 g/mol. The topological polar surface area (TPSA) is 20.3 Å². The van der Waals surface area contributed by atoms with Gasteiger partial charge in [-0.05, 0) is 43.1 Å². The van der Waals surface area contributed by atoms with Gasteiger partial charge in [0.2, 0.25) is 5.91 Å². The maximum absolute atomic E-state index is 12.4. The van der Waals surface area contributed by atoms with Crippen molar-refractivity contribution in [3.63, 3.8) is 0 Å². The van der Waals surface area contributed by atoms with Gasteiger partial charge in [-0.3, -0.25) is 4.79 Å². The number of benzene rings is 1. The molecule has 0 spiro atoms. The largest absolute Gasteiger partial charge is 0.341 e. The summed E-state index contributed by atoms with van der Waals surface area (Å²) in [6.45, 7) is 1.89. The van der Waals surface area contributed by atoms with Crippen LogP contribution in [0.4, 0.5) is 0 Å². The van der Waals surface area contributed by atoms with Crippen LogP contribution in [0, 0.1) is 5.92 Å². The van der Waals surface area contributed by atoms with E-state index in [4.69, 9.17) is 0 Å². The van der Waals surface area contributed by atoms with E-state index in [1.54, 1.807) is 0 Å². The molecule has 1 saturated carbocycles. The SMILES string of the molecule is O=C1C(Br)CC(c2ccccc2)CCN1CC1CC1. The third-order valence-electron chi connectivity index (χ3n) is 4.27. The van der Waals surface area contributed by atoms with Crippen molar-refractivity contribution >= 4 is 21.8 Å². The summed E-state index contributed by atoms with van der Waals surface area (Å²) in [5, 5.41) is 0. The van der Waals surface area contributed by atoms with Crippen LogP contribution in [0.15, 0.2) is 30.3 Å². The zero-order valence-electron chi connectivity index (χ0n) is 11.1. The third-order valence-corrected chi connectivity index (χ3v) is 5.03. The fraction of sp³-hybridized carbons (Fsp3) is 0.562. The number of halogens is 1. The van der Waals surface area contributed by atoms with E-state index in [1.165, 1.54) is 18.4 Å². The van der Waals surface area contributed by atoms with Crippen molar-refractivity contribution in [1.82, 2.24) is 4.90 Å². The standard InChI is InChI=1S/C16H20BrNO/c17-15-10-14(13-4-2-1-3-5-13)8-9-18(16(15)19)11-12-6-7-12/h1-5,12,14-15H,6-11H2. The number of nitrogens with zero attached hydrogens (tertiary/aromatic N) is 1. The molecule has 1 aliphatic heterocycles. The van der Waals surface area contributed by atoms with Crippen LogP contribution in [0.5, 0.6) is 0 Å². The van der Waals surface area contributed by atoms with Crippen LogP contribution >= 0.6 is 15.9 Å². The molecule has 0 bridgehead atoms. The number of alkyl halides is 1. The average Bonchev–Trinajstić information content (AvgIpc) is 3.26. The monoisotopic (exact) mass is 321 g/mol. The van der Waals surface area contributed by atoms with Crippen LogP contribution in [0.1, 0.15) is 37.2 Å². The van der Waals surface area contributed by atoms with Gasteiger partial charge in [-0.1, -0.05) is 46.3 Å². The fourth-order valence-corrected chi connectivity index (χ4v) is 3.65. The number of carbonyl (C=O) groups excluding carboxylic acids is 1. The van der Waals surface area contributed by atoms with E-state index in [9.17, 15) is 4.79 Å². The summed E-state index contributed by atoms with van der Waals surface area (Å²) in [6, 6.07) is 10.6. The molecule has 2 aliphatic rings. The lowest BCUT2D eigenvalue weighted by Crippen LogP contribution is -2.36. The Kier molecular flexibility index (Phi) is 3.92. The van der Waals surface area contributed by atoms with Gasteiger partial charge in [-0.25, -0.2) is 0 Å². The minimum atomic E-state index is -0.0149. The van der Waals surface area contributed by atoms with E-state index in [2.05, 4.69) is 51.2 Å². The van der Waals surface area contributed by atoms with E-state index >= 15 is 0 Å². The smallest absolute Gasteiger partial charge is 0.236 e. The Morgan fingerprint density at radius 1 is 1.16 bits per heavy atom. The molecule has 2 nitrogen and oxygen atoms in total. The van der Waals surface area contributed by atoms with Gasteiger partial charge >= 0.3 is 0 Å². The molecule has 102 valence electrons. The second-order valence-electron chi connectivity index (χ2n) is 5.83. The van der Waals surface area contributed by atoms with Crippen molar-refractivity contribution in [2.24, 2.45) is 5.92 Å². The lowest BCUT2D eigenvalue weighted by atomic mass is 9.92. The van der Waals surface area contributed by atoms with Crippen molar-refractivity contribution < 1.29 is 4.79 Å². The predicted molar refractivity (Wildman–Crippen MR) is 80.4 cm³/mol. The summed E-state index contributed by atoms with van der Waals surface area (Å²) in [4.78, 5) is 14.4. The van der Waals surface area contributed by atoms with Gasteiger partial charge in [0.15, 0.2) is 0 Å². The van der Waals surface area contributed by atoms with Gasteiger partial charge < -0.3 is 4.90 Å². The van der Waals surface area contributed by atoms with Gasteiger partial charge in [0.05, 0.1) is 4.83 Å². The summed E-state index contributed by atoms with van der Waals surface area (Å²) in [5.41, 5.74) is 1.37. The Morgan fingerprint density at radius 2 is 1.89 bits per heavy atom. The van der Waals surface area contributed by atoms with E-state index in [0.29, 0.717) is 11.8 Å². The van der Waals surface area contributed by atoms with Crippen molar-refractivity contribution in [3.05, 3.63) is 35.9 Å². The molecule has 1 aliphatic carbocycles. The third kappa shape index (κ3) is 3.19.